The highest BCUT2D eigenvalue weighted by Crippen LogP contribution is 2.30. The first-order chi connectivity index (χ1) is 11.5. The molecular weight excluding hydrogens is 310 g/mol. The van der Waals surface area contributed by atoms with Crippen molar-refractivity contribution in [2.45, 2.75) is 12.5 Å². The Bertz CT molecular complexity index is 715. The van der Waals surface area contributed by atoms with Gasteiger partial charge in [-0.05, 0) is 0 Å². The van der Waals surface area contributed by atoms with Crippen molar-refractivity contribution in [3.63, 3.8) is 0 Å². The summed E-state index contributed by atoms with van der Waals surface area (Å²) in [5, 5.41) is 11.6. The van der Waals surface area contributed by atoms with E-state index in [9.17, 15) is 19.7 Å². The maximum atomic E-state index is 12.4. The van der Waals surface area contributed by atoms with E-state index in [1.165, 1.54) is 0 Å². The topological polar surface area (TPSA) is 86.5 Å². The number of ether oxygens (including phenoxy) is 1. The van der Waals surface area contributed by atoms with E-state index in [1.54, 1.807) is 60.7 Å². The zero-order valence-corrected chi connectivity index (χ0v) is 13.1. The molecular formula is C18H17NO5. The van der Waals surface area contributed by atoms with Gasteiger partial charge in [0.1, 0.15) is 5.92 Å². The number of benzene rings is 2. The Morgan fingerprint density at radius 3 is 2.08 bits per heavy atom. The molecule has 6 nitrogen and oxygen atoms in total. The number of nitro groups is 1. The number of carbonyl (C=O) groups is 2. The van der Waals surface area contributed by atoms with Crippen molar-refractivity contribution in [3.8, 4) is 0 Å². The molecule has 2 aromatic carbocycles. The van der Waals surface area contributed by atoms with Gasteiger partial charge >= 0.3 is 5.97 Å². The molecule has 0 spiro atoms. The largest absolute Gasteiger partial charge is 0.469 e. The fourth-order valence-corrected chi connectivity index (χ4v) is 2.57. The molecule has 2 rings (SSSR count). The molecule has 0 amide bonds. The maximum absolute atomic E-state index is 12.4. The monoisotopic (exact) mass is 327 g/mol. The molecule has 24 heavy (non-hydrogen) atoms. The van der Waals surface area contributed by atoms with Gasteiger partial charge in [0.25, 0.3) is 6.04 Å². The molecule has 0 fully saturated rings. The molecule has 0 aliphatic rings. The third kappa shape index (κ3) is 4.04. The van der Waals surface area contributed by atoms with Crippen LogP contribution in [0.2, 0.25) is 0 Å². The smallest absolute Gasteiger partial charge is 0.316 e. The van der Waals surface area contributed by atoms with Crippen LogP contribution in [0.4, 0.5) is 0 Å². The predicted octanol–water partition coefficient (Wildman–Crippen LogP) is 3.07. The summed E-state index contributed by atoms with van der Waals surface area (Å²) in [4.78, 5) is 35.5. The second kappa shape index (κ2) is 8.01. The van der Waals surface area contributed by atoms with Crippen LogP contribution in [0.15, 0.2) is 60.7 Å². The van der Waals surface area contributed by atoms with Crippen LogP contribution in [0.3, 0.4) is 0 Å². The van der Waals surface area contributed by atoms with Crippen LogP contribution in [-0.2, 0) is 9.53 Å². The van der Waals surface area contributed by atoms with E-state index in [0.29, 0.717) is 11.1 Å². The molecule has 0 aliphatic heterocycles. The van der Waals surface area contributed by atoms with Gasteiger partial charge in [-0.25, -0.2) is 0 Å². The average Bonchev–Trinajstić information content (AvgIpc) is 2.61. The molecule has 0 radical (unpaired) electrons. The molecule has 0 unspecified atom stereocenters. The Labute approximate surface area is 139 Å². The summed E-state index contributed by atoms with van der Waals surface area (Å²) in [6.45, 7) is 0. The third-order valence-corrected chi connectivity index (χ3v) is 3.75. The molecule has 0 saturated heterocycles. The number of Topliss-reactive ketones (excluding diaryl/α,β-unsaturated/α-hetero) is 1. The molecule has 0 heterocycles. The highest BCUT2D eigenvalue weighted by molar-refractivity contribution is 5.98. The Hall–Kier alpha value is -3.02. The molecule has 2 atom stereocenters. The first-order valence-corrected chi connectivity index (χ1v) is 7.39. The van der Waals surface area contributed by atoms with Crippen LogP contribution < -0.4 is 0 Å². The van der Waals surface area contributed by atoms with Crippen LogP contribution in [0.25, 0.3) is 0 Å². The summed E-state index contributed by atoms with van der Waals surface area (Å²) in [6, 6.07) is 15.2. The fourth-order valence-electron chi connectivity index (χ4n) is 2.57. The van der Waals surface area contributed by atoms with E-state index >= 15 is 0 Å². The van der Waals surface area contributed by atoms with Gasteiger partial charge in [0.2, 0.25) is 0 Å². The van der Waals surface area contributed by atoms with E-state index in [0.717, 1.165) is 7.11 Å². The molecule has 0 N–H and O–H groups in total. The van der Waals surface area contributed by atoms with Crippen molar-refractivity contribution in [1.29, 1.82) is 0 Å². The summed E-state index contributed by atoms with van der Waals surface area (Å²) in [7, 11) is 1.16. The maximum Gasteiger partial charge on any atom is 0.316 e. The number of carbonyl (C=O) groups excluding carboxylic acids is 2. The van der Waals surface area contributed by atoms with Crippen molar-refractivity contribution in [2.75, 3.05) is 7.11 Å². The van der Waals surface area contributed by atoms with Crippen LogP contribution in [0.5, 0.6) is 0 Å². The highest BCUT2D eigenvalue weighted by Gasteiger charge is 2.40. The second-order valence-corrected chi connectivity index (χ2v) is 5.26. The van der Waals surface area contributed by atoms with Gasteiger partial charge in [0, 0.05) is 22.5 Å². The zero-order chi connectivity index (χ0) is 17.5. The predicted molar refractivity (Wildman–Crippen MR) is 87.1 cm³/mol. The Morgan fingerprint density at radius 2 is 1.58 bits per heavy atom. The molecule has 2 aromatic rings. The number of rotatable bonds is 7. The van der Waals surface area contributed by atoms with E-state index in [2.05, 4.69) is 0 Å². The Kier molecular flexibility index (Phi) is 5.78. The van der Waals surface area contributed by atoms with E-state index in [4.69, 9.17) is 4.74 Å². The number of hydrogen-bond acceptors (Lipinski definition) is 5. The minimum Gasteiger partial charge on any atom is -0.469 e. The van der Waals surface area contributed by atoms with Crippen molar-refractivity contribution < 1.29 is 19.2 Å². The van der Waals surface area contributed by atoms with E-state index < -0.39 is 22.9 Å². The standard InChI is InChI=1S/C18H17NO5/c1-24-18(21)15(12-16(20)13-8-4-2-5-9-13)17(19(22)23)14-10-6-3-7-11-14/h2-11,15,17H,12H2,1H3/t15-,17+/m1/s1. The molecule has 0 bridgehead atoms. The quantitative estimate of drug-likeness (QED) is 0.337. The molecule has 6 heteroatoms. The normalized spacial score (nSPS) is 12.9. The van der Waals surface area contributed by atoms with Gasteiger partial charge in [-0.3, -0.25) is 19.7 Å². The number of esters is 1. The van der Waals surface area contributed by atoms with Crippen LogP contribution >= 0.6 is 0 Å². The lowest BCUT2D eigenvalue weighted by atomic mass is 9.88. The fraction of sp³-hybridized carbons (Fsp3) is 0.222. The molecule has 124 valence electrons. The van der Waals surface area contributed by atoms with Gasteiger partial charge in [0.15, 0.2) is 5.78 Å². The average molecular weight is 327 g/mol. The van der Waals surface area contributed by atoms with E-state index in [1.807, 2.05) is 0 Å². The molecule has 0 aromatic heterocycles. The SMILES string of the molecule is COC(=O)[C@H](CC(=O)c1ccccc1)[C@H](c1ccccc1)[N+](=O)[O-]. The van der Waals surface area contributed by atoms with Crippen LogP contribution in [0.1, 0.15) is 28.4 Å². The summed E-state index contributed by atoms with van der Waals surface area (Å²) >= 11 is 0. The summed E-state index contributed by atoms with van der Waals surface area (Å²) in [6.07, 6.45) is -0.294. The minimum atomic E-state index is -1.34. The molecule has 0 saturated carbocycles. The lowest BCUT2D eigenvalue weighted by Crippen LogP contribution is -2.31. The number of nitrogens with zero attached hydrogens (tertiary/aromatic N) is 1. The first kappa shape index (κ1) is 17.3. The number of ketones is 1. The van der Waals surface area contributed by atoms with Crippen molar-refractivity contribution in [3.05, 3.63) is 81.9 Å². The Morgan fingerprint density at radius 1 is 1.04 bits per heavy atom. The van der Waals surface area contributed by atoms with Crippen molar-refractivity contribution >= 4 is 11.8 Å². The van der Waals surface area contributed by atoms with Gasteiger partial charge < -0.3 is 4.74 Å². The van der Waals surface area contributed by atoms with Gasteiger partial charge in [-0.2, -0.15) is 0 Å². The minimum absolute atomic E-state index is 0.294. The molecule has 0 aliphatic carbocycles. The highest BCUT2D eigenvalue weighted by atomic mass is 16.6. The van der Waals surface area contributed by atoms with Crippen LogP contribution in [0, 0.1) is 16.0 Å². The van der Waals surface area contributed by atoms with Crippen molar-refractivity contribution in [1.82, 2.24) is 0 Å². The summed E-state index contributed by atoms with van der Waals surface area (Å²) in [5.74, 6) is -2.31. The Balaban J connectivity index is 2.34. The van der Waals surface area contributed by atoms with Gasteiger partial charge in [0.05, 0.1) is 7.11 Å². The van der Waals surface area contributed by atoms with Gasteiger partial charge in [-0.15, -0.1) is 0 Å². The van der Waals surface area contributed by atoms with Gasteiger partial charge in [-0.1, -0.05) is 60.7 Å². The summed E-state index contributed by atoms with van der Waals surface area (Å²) < 4.78 is 4.71. The lowest BCUT2D eigenvalue weighted by Gasteiger charge is -2.18. The second-order valence-electron chi connectivity index (χ2n) is 5.26. The zero-order valence-electron chi connectivity index (χ0n) is 13.1. The lowest BCUT2D eigenvalue weighted by molar-refractivity contribution is -0.536. The first-order valence-electron chi connectivity index (χ1n) is 7.39. The van der Waals surface area contributed by atoms with Crippen molar-refractivity contribution in [2.24, 2.45) is 5.92 Å². The number of hydrogen-bond donors (Lipinski definition) is 0. The third-order valence-electron chi connectivity index (χ3n) is 3.75. The number of methoxy groups -OCH3 is 1. The van der Waals surface area contributed by atoms with E-state index in [-0.39, 0.29) is 12.2 Å². The summed E-state index contributed by atoms with van der Waals surface area (Å²) in [5.41, 5.74) is 0.764. The van der Waals surface area contributed by atoms with Crippen LogP contribution in [-0.4, -0.2) is 23.8 Å².